The van der Waals surface area contributed by atoms with E-state index < -0.39 is 0 Å². The third kappa shape index (κ3) is 2.29. The molecule has 3 rings (SSSR count). The highest BCUT2D eigenvalue weighted by molar-refractivity contribution is 4.95. The van der Waals surface area contributed by atoms with E-state index >= 15 is 0 Å². The summed E-state index contributed by atoms with van der Waals surface area (Å²) < 4.78 is 5.00. The molecular formula is C13H21N3O2. The van der Waals surface area contributed by atoms with Crippen molar-refractivity contribution in [1.82, 2.24) is 15.0 Å². The van der Waals surface area contributed by atoms with Gasteiger partial charge in [0, 0.05) is 13.0 Å². The van der Waals surface area contributed by atoms with Crippen LogP contribution in [-0.4, -0.2) is 39.3 Å². The number of fused-ring (bicyclic) bond motifs is 1. The molecule has 0 aliphatic heterocycles. The van der Waals surface area contributed by atoms with E-state index in [1.54, 1.807) is 0 Å². The van der Waals surface area contributed by atoms with Gasteiger partial charge in [0.25, 0.3) is 0 Å². The molecule has 2 unspecified atom stereocenters. The number of aliphatic hydroxyl groups excluding tert-OH is 1. The molecule has 0 bridgehead atoms. The lowest BCUT2D eigenvalue weighted by molar-refractivity contribution is 0.157. The number of hydrogen-bond donors (Lipinski definition) is 1. The van der Waals surface area contributed by atoms with Crippen LogP contribution in [0.3, 0.4) is 0 Å². The zero-order valence-corrected chi connectivity index (χ0v) is 11.0. The summed E-state index contributed by atoms with van der Waals surface area (Å²) in [4.78, 5) is 6.58. The Bertz CT molecular complexity index is 406. The van der Waals surface area contributed by atoms with Crippen LogP contribution in [0.1, 0.15) is 37.4 Å². The van der Waals surface area contributed by atoms with Crippen molar-refractivity contribution < 1.29 is 9.63 Å². The molecule has 1 aromatic rings. The van der Waals surface area contributed by atoms with Crippen LogP contribution in [0.5, 0.6) is 0 Å². The number of aromatic nitrogens is 2. The van der Waals surface area contributed by atoms with Crippen LogP contribution < -0.4 is 0 Å². The summed E-state index contributed by atoms with van der Waals surface area (Å²) in [5, 5.41) is 13.6. The predicted octanol–water partition coefficient (Wildman–Crippen LogP) is 1.36. The standard InChI is InChI=1S/C13H21N3O2/c1-8-14-13(15-18-8)7-16(2)11-3-9-5-12(17)6-10(9)4-11/h9-12,17H,3-7H2,1-2H3/t9-,10+,11?,12?. The van der Waals surface area contributed by atoms with E-state index in [1.165, 1.54) is 12.8 Å². The second-order valence-corrected chi connectivity index (χ2v) is 5.92. The highest BCUT2D eigenvalue weighted by Crippen LogP contribution is 2.45. The van der Waals surface area contributed by atoms with Gasteiger partial charge in [-0.15, -0.1) is 0 Å². The highest BCUT2D eigenvalue weighted by Gasteiger charge is 2.42. The van der Waals surface area contributed by atoms with Gasteiger partial charge in [-0.2, -0.15) is 4.98 Å². The summed E-state index contributed by atoms with van der Waals surface area (Å²) in [6, 6.07) is 0.603. The summed E-state index contributed by atoms with van der Waals surface area (Å²) in [5.74, 6) is 2.84. The Hall–Kier alpha value is -0.940. The summed E-state index contributed by atoms with van der Waals surface area (Å²) in [7, 11) is 2.13. The molecule has 1 heterocycles. The minimum absolute atomic E-state index is 0.0499. The fourth-order valence-electron chi connectivity index (χ4n) is 3.67. The maximum Gasteiger partial charge on any atom is 0.223 e. The van der Waals surface area contributed by atoms with E-state index in [0.717, 1.165) is 37.0 Å². The van der Waals surface area contributed by atoms with E-state index in [1.807, 2.05) is 6.92 Å². The number of nitrogens with zero attached hydrogens (tertiary/aromatic N) is 3. The molecule has 5 heteroatoms. The van der Waals surface area contributed by atoms with Crippen molar-refractivity contribution in [2.45, 2.75) is 51.3 Å². The molecule has 0 aromatic carbocycles. The first-order chi connectivity index (χ1) is 8.61. The minimum atomic E-state index is -0.0499. The van der Waals surface area contributed by atoms with Gasteiger partial charge in [-0.3, -0.25) is 4.90 Å². The fourth-order valence-corrected chi connectivity index (χ4v) is 3.67. The molecule has 1 aromatic heterocycles. The summed E-state index contributed by atoms with van der Waals surface area (Å²) in [6.07, 6.45) is 4.35. The fraction of sp³-hybridized carbons (Fsp3) is 0.846. The van der Waals surface area contributed by atoms with E-state index in [2.05, 4.69) is 22.1 Å². The Morgan fingerprint density at radius 3 is 2.50 bits per heavy atom. The van der Waals surface area contributed by atoms with Gasteiger partial charge in [-0.05, 0) is 44.6 Å². The van der Waals surface area contributed by atoms with Gasteiger partial charge < -0.3 is 9.63 Å². The molecule has 0 saturated heterocycles. The number of hydrogen-bond acceptors (Lipinski definition) is 5. The molecule has 0 amide bonds. The van der Waals surface area contributed by atoms with Crippen molar-refractivity contribution in [3.05, 3.63) is 11.7 Å². The number of aryl methyl sites for hydroxylation is 1. The lowest BCUT2D eigenvalue weighted by atomic mass is 10.0. The molecule has 100 valence electrons. The summed E-state index contributed by atoms with van der Waals surface area (Å²) in [6.45, 7) is 2.57. The van der Waals surface area contributed by atoms with Gasteiger partial charge >= 0.3 is 0 Å². The van der Waals surface area contributed by atoms with E-state index in [4.69, 9.17) is 4.52 Å². The van der Waals surface area contributed by atoms with Crippen LogP contribution in [0.4, 0.5) is 0 Å². The molecule has 18 heavy (non-hydrogen) atoms. The molecule has 2 saturated carbocycles. The van der Waals surface area contributed by atoms with Gasteiger partial charge in [-0.1, -0.05) is 5.16 Å². The second kappa shape index (κ2) is 4.63. The van der Waals surface area contributed by atoms with Crippen LogP contribution in [0, 0.1) is 18.8 Å². The second-order valence-electron chi connectivity index (χ2n) is 5.92. The normalized spacial score (nSPS) is 35.3. The van der Waals surface area contributed by atoms with Crippen LogP contribution in [0.15, 0.2) is 4.52 Å². The Balaban J connectivity index is 1.57. The number of aliphatic hydroxyl groups is 1. The monoisotopic (exact) mass is 251 g/mol. The number of rotatable bonds is 3. The first-order valence-corrected chi connectivity index (χ1v) is 6.79. The Labute approximate surface area is 107 Å². The van der Waals surface area contributed by atoms with Gasteiger partial charge in [0.15, 0.2) is 5.82 Å². The molecule has 2 aliphatic rings. The molecule has 2 fully saturated rings. The smallest absolute Gasteiger partial charge is 0.223 e. The van der Waals surface area contributed by atoms with Crippen LogP contribution in [0.2, 0.25) is 0 Å². The van der Waals surface area contributed by atoms with Gasteiger partial charge in [0.2, 0.25) is 5.89 Å². The lowest BCUT2D eigenvalue weighted by Crippen LogP contribution is -2.30. The molecule has 2 aliphatic carbocycles. The minimum Gasteiger partial charge on any atom is -0.393 e. The highest BCUT2D eigenvalue weighted by atomic mass is 16.5. The lowest BCUT2D eigenvalue weighted by Gasteiger charge is -2.23. The average Bonchev–Trinajstić information content (AvgIpc) is 2.92. The molecular weight excluding hydrogens is 230 g/mol. The predicted molar refractivity (Wildman–Crippen MR) is 65.7 cm³/mol. The molecule has 0 radical (unpaired) electrons. The Morgan fingerprint density at radius 1 is 1.28 bits per heavy atom. The van der Waals surface area contributed by atoms with Crippen LogP contribution in [0.25, 0.3) is 0 Å². The maximum atomic E-state index is 9.65. The van der Waals surface area contributed by atoms with E-state index in [-0.39, 0.29) is 6.10 Å². The molecule has 4 atom stereocenters. The van der Waals surface area contributed by atoms with Crippen molar-refractivity contribution in [2.24, 2.45) is 11.8 Å². The molecule has 0 spiro atoms. The molecule has 5 nitrogen and oxygen atoms in total. The van der Waals surface area contributed by atoms with Crippen LogP contribution >= 0.6 is 0 Å². The van der Waals surface area contributed by atoms with E-state index in [9.17, 15) is 5.11 Å². The van der Waals surface area contributed by atoms with Crippen molar-refractivity contribution in [3.8, 4) is 0 Å². The van der Waals surface area contributed by atoms with Crippen molar-refractivity contribution in [2.75, 3.05) is 7.05 Å². The molecule has 1 N–H and O–H groups in total. The van der Waals surface area contributed by atoms with Gasteiger partial charge in [0.05, 0.1) is 12.6 Å². The topological polar surface area (TPSA) is 62.4 Å². The maximum absolute atomic E-state index is 9.65. The third-order valence-corrected chi connectivity index (χ3v) is 4.55. The van der Waals surface area contributed by atoms with Crippen molar-refractivity contribution in [3.63, 3.8) is 0 Å². The van der Waals surface area contributed by atoms with Gasteiger partial charge in [-0.25, -0.2) is 0 Å². The van der Waals surface area contributed by atoms with Gasteiger partial charge in [0.1, 0.15) is 0 Å². The Morgan fingerprint density at radius 2 is 1.94 bits per heavy atom. The third-order valence-electron chi connectivity index (χ3n) is 4.55. The zero-order chi connectivity index (χ0) is 12.7. The quantitative estimate of drug-likeness (QED) is 0.879. The summed E-state index contributed by atoms with van der Waals surface area (Å²) in [5.41, 5.74) is 0. The first kappa shape index (κ1) is 12.1. The summed E-state index contributed by atoms with van der Waals surface area (Å²) >= 11 is 0. The van der Waals surface area contributed by atoms with E-state index in [0.29, 0.717) is 11.9 Å². The zero-order valence-electron chi connectivity index (χ0n) is 11.0. The SMILES string of the molecule is Cc1nc(CN(C)C2C[C@H]3CC(O)C[C@H]3C2)no1. The van der Waals surface area contributed by atoms with Crippen LogP contribution in [-0.2, 0) is 6.54 Å². The van der Waals surface area contributed by atoms with Crippen molar-refractivity contribution in [1.29, 1.82) is 0 Å². The first-order valence-electron chi connectivity index (χ1n) is 6.79. The van der Waals surface area contributed by atoms with Crippen molar-refractivity contribution >= 4 is 0 Å². The Kier molecular flexibility index (Phi) is 3.11. The average molecular weight is 251 g/mol. The largest absolute Gasteiger partial charge is 0.393 e.